The number of hydrogen-bond donors (Lipinski definition) is 1. The summed E-state index contributed by atoms with van der Waals surface area (Å²) in [6, 6.07) is 7.99. The fourth-order valence-corrected chi connectivity index (χ4v) is 2.57. The molecule has 2 aromatic rings. The summed E-state index contributed by atoms with van der Waals surface area (Å²) in [5.74, 6) is 0.982. The summed E-state index contributed by atoms with van der Waals surface area (Å²) in [4.78, 5) is 12.1. The van der Waals surface area contributed by atoms with Gasteiger partial charge in [0, 0.05) is 10.6 Å². The number of nitrogens with zero attached hydrogens (tertiary/aromatic N) is 1. The van der Waals surface area contributed by atoms with E-state index in [4.69, 9.17) is 37.4 Å². The molecule has 0 bridgehead atoms. The van der Waals surface area contributed by atoms with Gasteiger partial charge in [-0.15, -0.1) is 0 Å². The Labute approximate surface area is 155 Å². The van der Waals surface area contributed by atoms with Crippen LogP contribution in [0.3, 0.4) is 0 Å². The second-order valence-corrected chi connectivity index (χ2v) is 5.63. The number of methoxy groups -OCH3 is 3. The molecule has 1 amide bonds. The maximum atomic E-state index is 12.1. The smallest absolute Gasteiger partial charge is 0.272 e. The van der Waals surface area contributed by atoms with Crippen molar-refractivity contribution in [1.29, 1.82) is 0 Å². The molecule has 0 spiro atoms. The number of hydrogen-bond acceptors (Lipinski definition) is 5. The highest BCUT2D eigenvalue weighted by Gasteiger charge is 2.13. The molecule has 0 fully saturated rings. The SMILES string of the molecule is COc1cc(/C=N\NC(=O)c2ccc(Cl)cc2Cl)cc(OC)c1OC. The minimum atomic E-state index is -0.453. The van der Waals surface area contributed by atoms with Crippen molar-refractivity contribution in [2.75, 3.05) is 21.3 Å². The fourth-order valence-electron chi connectivity index (χ4n) is 2.08. The van der Waals surface area contributed by atoms with Gasteiger partial charge in [0.15, 0.2) is 11.5 Å². The van der Waals surface area contributed by atoms with E-state index >= 15 is 0 Å². The van der Waals surface area contributed by atoms with Crippen LogP contribution in [0.1, 0.15) is 15.9 Å². The van der Waals surface area contributed by atoms with Crippen LogP contribution in [0.15, 0.2) is 35.4 Å². The van der Waals surface area contributed by atoms with E-state index < -0.39 is 5.91 Å². The van der Waals surface area contributed by atoms with Crippen LogP contribution in [-0.4, -0.2) is 33.5 Å². The molecular weight excluding hydrogens is 367 g/mol. The summed E-state index contributed by atoms with van der Waals surface area (Å²) in [6.07, 6.45) is 1.45. The van der Waals surface area contributed by atoms with Crippen molar-refractivity contribution in [3.8, 4) is 17.2 Å². The topological polar surface area (TPSA) is 69.2 Å². The summed E-state index contributed by atoms with van der Waals surface area (Å²) < 4.78 is 15.8. The zero-order valence-corrected chi connectivity index (χ0v) is 15.3. The summed E-state index contributed by atoms with van der Waals surface area (Å²) in [5, 5.41) is 4.61. The number of carbonyl (C=O) groups is 1. The molecule has 0 heterocycles. The lowest BCUT2D eigenvalue weighted by atomic mass is 10.2. The Hall–Kier alpha value is -2.44. The molecule has 0 aromatic heterocycles. The van der Waals surface area contributed by atoms with Gasteiger partial charge in [0.1, 0.15) is 0 Å². The Morgan fingerprint density at radius 2 is 1.68 bits per heavy atom. The highest BCUT2D eigenvalue weighted by Crippen LogP contribution is 2.37. The van der Waals surface area contributed by atoms with Gasteiger partial charge in [-0.05, 0) is 30.3 Å². The van der Waals surface area contributed by atoms with E-state index in [2.05, 4.69) is 10.5 Å². The van der Waals surface area contributed by atoms with Crippen LogP contribution in [0.25, 0.3) is 0 Å². The molecule has 0 aliphatic rings. The van der Waals surface area contributed by atoms with E-state index in [1.165, 1.54) is 39.7 Å². The van der Waals surface area contributed by atoms with Crippen LogP contribution in [0.4, 0.5) is 0 Å². The number of benzene rings is 2. The van der Waals surface area contributed by atoms with Gasteiger partial charge in [-0.1, -0.05) is 23.2 Å². The van der Waals surface area contributed by atoms with Gasteiger partial charge in [0.05, 0.1) is 38.1 Å². The Morgan fingerprint density at radius 1 is 1.04 bits per heavy atom. The number of amides is 1. The zero-order chi connectivity index (χ0) is 18.4. The largest absolute Gasteiger partial charge is 0.493 e. The lowest BCUT2D eigenvalue weighted by Gasteiger charge is -2.12. The minimum Gasteiger partial charge on any atom is -0.493 e. The van der Waals surface area contributed by atoms with Crippen LogP contribution >= 0.6 is 23.2 Å². The first-order chi connectivity index (χ1) is 12.0. The normalized spacial score (nSPS) is 10.6. The van der Waals surface area contributed by atoms with Crippen molar-refractivity contribution < 1.29 is 19.0 Å². The van der Waals surface area contributed by atoms with Gasteiger partial charge >= 0.3 is 0 Å². The van der Waals surface area contributed by atoms with E-state index in [1.807, 2.05) is 0 Å². The van der Waals surface area contributed by atoms with E-state index in [-0.39, 0.29) is 10.6 Å². The molecule has 132 valence electrons. The minimum absolute atomic E-state index is 0.244. The summed E-state index contributed by atoms with van der Waals surface area (Å²) >= 11 is 11.8. The molecule has 0 atom stereocenters. The number of hydrazone groups is 1. The number of ether oxygens (including phenoxy) is 3. The average Bonchev–Trinajstić information content (AvgIpc) is 2.60. The third-order valence-corrected chi connectivity index (χ3v) is 3.79. The predicted molar refractivity (Wildman–Crippen MR) is 97.6 cm³/mol. The molecule has 6 nitrogen and oxygen atoms in total. The molecule has 0 aliphatic heterocycles. The van der Waals surface area contributed by atoms with E-state index in [9.17, 15) is 4.79 Å². The maximum absolute atomic E-state index is 12.1. The zero-order valence-electron chi connectivity index (χ0n) is 13.8. The molecule has 0 saturated carbocycles. The van der Waals surface area contributed by atoms with Crippen LogP contribution in [0, 0.1) is 0 Å². The standard InChI is InChI=1S/C17H16Cl2N2O4/c1-23-14-6-10(7-15(24-2)16(14)25-3)9-20-21-17(22)12-5-4-11(18)8-13(12)19/h4-9H,1-3H3,(H,21,22)/b20-9-. The maximum Gasteiger partial charge on any atom is 0.272 e. The van der Waals surface area contributed by atoms with Gasteiger partial charge in [-0.3, -0.25) is 4.79 Å². The van der Waals surface area contributed by atoms with Crippen LogP contribution in [-0.2, 0) is 0 Å². The number of nitrogens with one attached hydrogen (secondary N) is 1. The predicted octanol–water partition coefficient (Wildman–Crippen LogP) is 3.78. The lowest BCUT2D eigenvalue weighted by molar-refractivity contribution is 0.0955. The molecular formula is C17H16Cl2N2O4. The van der Waals surface area contributed by atoms with Crippen molar-refractivity contribution >= 4 is 35.3 Å². The number of carbonyl (C=O) groups excluding carboxylic acids is 1. The Balaban J connectivity index is 2.17. The van der Waals surface area contributed by atoms with Gasteiger partial charge in [0.2, 0.25) is 5.75 Å². The summed E-state index contributed by atoms with van der Waals surface area (Å²) in [7, 11) is 4.55. The summed E-state index contributed by atoms with van der Waals surface area (Å²) in [6.45, 7) is 0. The van der Waals surface area contributed by atoms with Gasteiger partial charge in [-0.2, -0.15) is 5.10 Å². The first-order valence-electron chi connectivity index (χ1n) is 7.08. The molecule has 1 N–H and O–H groups in total. The van der Waals surface area contributed by atoms with Gasteiger partial charge < -0.3 is 14.2 Å². The van der Waals surface area contributed by atoms with Crippen molar-refractivity contribution in [2.24, 2.45) is 5.10 Å². The van der Waals surface area contributed by atoms with E-state index in [0.717, 1.165) is 0 Å². The van der Waals surface area contributed by atoms with Crippen molar-refractivity contribution in [3.63, 3.8) is 0 Å². The van der Waals surface area contributed by atoms with E-state index in [0.29, 0.717) is 27.8 Å². The molecule has 0 radical (unpaired) electrons. The lowest BCUT2D eigenvalue weighted by Crippen LogP contribution is -2.18. The van der Waals surface area contributed by atoms with Crippen molar-refractivity contribution in [2.45, 2.75) is 0 Å². The Bertz CT molecular complexity index is 784. The molecule has 25 heavy (non-hydrogen) atoms. The highest BCUT2D eigenvalue weighted by molar-refractivity contribution is 6.36. The second kappa shape index (κ2) is 8.60. The van der Waals surface area contributed by atoms with Crippen molar-refractivity contribution in [3.05, 3.63) is 51.5 Å². The summed E-state index contributed by atoms with van der Waals surface area (Å²) in [5.41, 5.74) is 3.32. The first kappa shape index (κ1) is 18.9. The Morgan fingerprint density at radius 3 is 2.20 bits per heavy atom. The van der Waals surface area contributed by atoms with E-state index in [1.54, 1.807) is 18.2 Å². The van der Waals surface area contributed by atoms with Gasteiger partial charge in [0.25, 0.3) is 5.91 Å². The third kappa shape index (κ3) is 4.55. The first-order valence-corrected chi connectivity index (χ1v) is 7.84. The average molecular weight is 383 g/mol. The van der Waals surface area contributed by atoms with Crippen LogP contribution in [0.2, 0.25) is 10.0 Å². The molecule has 2 aromatic carbocycles. The number of rotatable bonds is 6. The van der Waals surface area contributed by atoms with Crippen LogP contribution < -0.4 is 19.6 Å². The molecule has 0 aliphatic carbocycles. The highest BCUT2D eigenvalue weighted by atomic mass is 35.5. The molecule has 0 saturated heterocycles. The molecule has 8 heteroatoms. The fraction of sp³-hybridized carbons (Fsp3) is 0.176. The second-order valence-electron chi connectivity index (χ2n) is 4.78. The number of halogens is 2. The molecule has 0 unspecified atom stereocenters. The van der Waals surface area contributed by atoms with Crippen molar-refractivity contribution in [1.82, 2.24) is 5.43 Å². The Kier molecular flexibility index (Phi) is 6.50. The monoisotopic (exact) mass is 382 g/mol. The van der Waals surface area contributed by atoms with Gasteiger partial charge in [-0.25, -0.2) is 5.43 Å². The van der Waals surface area contributed by atoms with Crippen LogP contribution in [0.5, 0.6) is 17.2 Å². The quantitative estimate of drug-likeness (QED) is 0.609. The third-order valence-electron chi connectivity index (χ3n) is 3.24. The molecule has 2 rings (SSSR count).